The number of benzene rings is 1. The quantitative estimate of drug-likeness (QED) is 0.747. The zero-order chi connectivity index (χ0) is 11.3. The van der Waals surface area contributed by atoms with Gasteiger partial charge >= 0.3 is 0 Å². The number of hydrogen-bond donors (Lipinski definition) is 0. The van der Waals surface area contributed by atoms with Gasteiger partial charge in [0.05, 0.1) is 13.2 Å². The third kappa shape index (κ3) is 2.94. The molecular formula is C12H18O3. The second-order valence-corrected chi connectivity index (χ2v) is 3.37. The SMILES string of the molecule is COc1ccc([C@@H](OC)[C@H](C)OC)cc1. The lowest BCUT2D eigenvalue weighted by molar-refractivity contribution is -0.0277. The predicted octanol–water partition coefficient (Wildman–Crippen LogP) is 2.42. The molecule has 0 aliphatic carbocycles. The molecule has 3 nitrogen and oxygen atoms in total. The van der Waals surface area contributed by atoms with Crippen LogP contribution in [0.25, 0.3) is 0 Å². The molecule has 1 aromatic carbocycles. The first kappa shape index (κ1) is 12.0. The molecule has 1 rings (SSSR count). The maximum absolute atomic E-state index is 5.40. The van der Waals surface area contributed by atoms with Crippen LogP contribution in [0.1, 0.15) is 18.6 Å². The maximum Gasteiger partial charge on any atom is 0.118 e. The molecular weight excluding hydrogens is 192 g/mol. The first-order valence-corrected chi connectivity index (χ1v) is 4.92. The molecule has 0 aromatic heterocycles. The van der Waals surface area contributed by atoms with Crippen LogP contribution in [0.2, 0.25) is 0 Å². The monoisotopic (exact) mass is 210 g/mol. The fourth-order valence-corrected chi connectivity index (χ4v) is 1.52. The molecule has 0 fully saturated rings. The molecule has 0 spiro atoms. The van der Waals surface area contributed by atoms with Gasteiger partial charge in [0, 0.05) is 14.2 Å². The summed E-state index contributed by atoms with van der Waals surface area (Å²) in [5, 5.41) is 0. The smallest absolute Gasteiger partial charge is 0.118 e. The van der Waals surface area contributed by atoms with Crippen molar-refractivity contribution in [3.8, 4) is 5.75 Å². The molecule has 0 unspecified atom stereocenters. The van der Waals surface area contributed by atoms with Crippen LogP contribution < -0.4 is 4.74 Å². The van der Waals surface area contributed by atoms with E-state index in [9.17, 15) is 0 Å². The van der Waals surface area contributed by atoms with Gasteiger partial charge in [-0.05, 0) is 24.6 Å². The van der Waals surface area contributed by atoms with Gasteiger partial charge in [0.1, 0.15) is 11.9 Å². The van der Waals surface area contributed by atoms with Crippen molar-refractivity contribution in [1.82, 2.24) is 0 Å². The Bertz CT molecular complexity index is 281. The maximum atomic E-state index is 5.40. The van der Waals surface area contributed by atoms with Crippen molar-refractivity contribution in [1.29, 1.82) is 0 Å². The summed E-state index contributed by atoms with van der Waals surface area (Å²) >= 11 is 0. The zero-order valence-electron chi connectivity index (χ0n) is 9.69. The number of hydrogen-bond acceptors (Lipinski definition) is 3. The van der Waals surface area contributed by atoms with Gasteiger partial charge in [-0.2, -0.15) is 0 Å². The van der Waals surface area contributed by atoms with Gasteiger partial charge in [-0.25, -0.2) is 0 Å². The Morgan fingerprint density at radius 2 is 1.53 bits per heavy atom. The molecule has 0 aliphatic heterocycles. The van der Waals surface area contributed by atoms with Gasteiger partial charge < -0.3 is 14.2 Å². The first-order valence-electron chi connectivity index (χ1n) is 4.92. The van der Waals surface area contributed by atoms with Crippen molar-refractivity contribution >= 4 is 0 Å². The molecule has 0 aliphatic rings. The van der Waals surface area contributed by atoms with E-state index in [-0.39, 0.29) is 12.2 Å². The van der Waals surface area contributed by atoms with Crippen molar-refractivity contribution in [2.75, 3.05) is 21.3 Å². The molecule has 15 heavy (non-hydrogen) atoms. The molecule has 1 aromatic rings. The van der Waals surface area contributed by atoms with E-state index in [1.807, 2.05) is 31.2 Å². The highest BCUT2D eigenvalue weighted by atomic mass is 16.5. The molecule has 0 radical (unpaired) electrons. The summed E-state index contributed by atoms with van der Waals surface area (Å²) in [6.45, 7) is 1.98. The van der Waals surface area contributed by atoms with E-state index in [0.29, 0.717) is 0 Å². The summed E-state index contributed by atoms with van der Waals surface area (Å²) in [5.74, 6) is 0.846. The minimum absolute atomic E-state index is 0.0309. The molecule has 0 saturated heterocycles. The highest BCUT2D eigenvalue weighted by Crippen LogP contribution is 2.24. The molecule has 0 bridgehead atoms. The standard InChI is InChI=1S/C12H18O3/c1-9(13-2)12(15-4)10-5-7-11(14-3)8-6-10/h5-9,12H,1-4H3/t9-,12-/m0/s1. The highest BCUT2D eigenvalue weighted by Gasteiger charge is 2.18. The lowest BCUT2D eigenvalue weighted by atomic mass is 10.1. The Kier molecular flexibility index (Phi) is 4.59. The van der Waals surface area contributed by atoms with Crippen molar-refractivity contribution in [2.45, 2.75) is 19.1 Å². The van der Waals surface area contributed by atoms with Crippen molar-refractivity contribution in [2.24, 2.45) is 0 Å². The lowest BCUT2D eigenvalue weighted by Crippen LogP contribution is -2.18. The fourth-order valence-electron chi connectivity index (χ4n) is 1.52. The van der Waals surface area contributed by atoms with E-state index in [4.69, 9.17) is 14.2 Å². The van der Waals surface area contributed by atoms with Crippen LogP contribution in [0.5, 0.6) is 5.75 Å². The minimum atomic E-state index is -0.0408. The van der Waals surface area contributed by atoms with Crippen LogP contribution in [0, 0.1) is 0 Å². The van der Waals surface area contributed by atoms with Crippen LogP contribution in [-0.4, -0.2) is 27.4 Å². The van der Waals surface area contributed by atoms with Crippen molar-refractivity contribution in [3.05, 3.63) is 29.8 Å². The Labute approximate surface area is 91.0 Å². The lowest BCUT2D eigenvalue weighted by Gasteiger charge is -2.21. The van der Waals surface area contributed by atoms with Crippen LogP contribution in [0.3, 0.4) is 0 Å². The van der Waals surface area contributed by atoms with Gasteiger partial charge in [0.25, 0.3) is 0 Å². The summed E-state index contributed by atoms with van der Waals surface area (Å²) in [6.07, 6.45) is -0.00991. The van der Waals surface area contributed by atoms with Gasteiger partial charge in [-0.3, -0.25) is 0 Å². The molecule has 0 saturated carbocycles. The summed E-state index contributed by atoms with van der Waals surface area (Å²) < 4.78 is 15.8. The van der Waals surface area contributed by atoms with Gasteiger partial charge in [0.2, 0.25) is 0 Å². The Morgan fingerprint density at radius 1 is 0.933 bits per heavy atom. The minimum Gasteiger partial charge on any atom is -0.497 e. The van der Waals surface area contributed by atoms with Gasteiger partial charge in [-0.15, -0.1) is 0 Å². The molecule has 0 N–H and O–H groups in total. The Hall–Kier alpha value is -1.06. The normalized spacial score (nSPS) is 14.7. The molecule has 84 valence electrons. The average Bonchev–Trinajstić information content (AvgIpc) is 2.30. The van der Waals surface area contributed by atoms with E-state index in [2.05, 4.69) is 0 Å². The second-order valence-electron chi connectivity index (χ2n) is 3.37. The molecule has 0 amide bonds. The zero-order valence-corrected chi connectivity index (χ0v) is 9.69. The largest absolute Gasteiger partial charge is 0.497 e. The van der Waals surface area contributed by atoms with Crippen molar-refractivity contribution < 1.29 is 14.2 Å². The van der Waals surface area contributed by atoms with Crippen LogP contribution in [0.4, 0.5) is 0 Å². The van der Waals surface area contributed by atoms with E-state index in [0.717, 1.165) is 11.3 Å². The highest BCUT2D eigenvalue weighted by molar-refractivity contribution is 5.28. The average molecular weight is 210 g/mol. The second kappa shape index (κ2) is 5.73. The summed E-state index contributed by atoms with van der Waals surface area (Å²) in [7, 11) is 5.02. The van der Waals surface area contributed by atoms with Gasteiger partial charge in [-0.1, -0.05) is 12.1 Å². The summed E-state index contributed by atoms with van der Waals surface area (Å²) in [4.78, 5) is 0. The first-order chi connectivity index (χ1) is 7.22. The summed E-state index contributed by atoms with van der Waals surface area (Å²) in [5.41, 5.74) is 1.09. The predicted molar refractivity (Wildman–Crippen MR) is 59.2 cm³/mol. The Morgan fingerprint density at radius 3 is 1.93 bits per heavy atom. The topological polar surface area (TPSA) is 27.7 Å². The van der Waals surface area contributed by atoms with E-state index in [1.165, 1.54) is 0 Å². The van der Waals surface area contributed by atoms with Crippen LogP contribution >= 0.6 is 0 Å². The molecule has 2 atom stereocenters. The fraction of sp³-hybridized carbons (Fsp3) is 0.500. The third-order valence-electron chi connectivity index (χ3n) is 2.50. The summed E-state index contributed by atoms with van der Waals surface area (Å²) in [6, 6.07) is 7.82. The van der Waals surface area contributed by atoms with Crippen LogP contribution in [0.15, 0.2) is 24.3 Å². The number of ether oxygens (including phenoxy) is 3. The third-order valence-corrected chi connectivity index (χ3v) is 2.50. The Balaban J connectivity index is 2.83. The number of methoxy groups -OCH3 is 3. The number of rotatable bonds is 5. The van der Waals surface area contributed by atoms with E-state index < -0.39 is 0 Å². The molecule has 0 heterocycles. The molecule has 3 heteroatoms. The van der Waals surface area contributed by atoms with E-state index in [1.54, 1.807) is 21.3 Å². The van der Waals surface area contributed by atoms with E-state index >= 15 is 0 Å². The van der Waals surface area contributed by atoms with Crippen molar-refractivity contribution in [3.63, 3.8) is 0 Å². The van der Waals surface area contributed by atoms with Crippen LogP contribution in [-0.2, 0) is 9.47 Å². The van der Waals surface area contributed by atoms with Gasteiger partial charge in [0.15, 0.2) is 0 Å².